The van der Waals surface area contributed by atoms with E-state index in [9.17, 15) is 4.79 Å². The van der Waals surface area contributed by atoms with E-state index >= 15 is 0 Å². The second-order valence-corrected chi connectivity index (χ2v) is 4.23. The maximum Gasteiger partial charge on any atom is 0.252 e. The number of nitrogens with zero attached hydrogens (tertiary/aromatic N) is 3. The normalized spacial score (nSPS) is 9.67. The summed E-state index contributed by atoms with van der Waals surface area (Å²) in [6.07, 6.45) is 1.53. The molecular weight excluding hydrogens is 252 g/mol. The highest BCUT2D eigenvalue weighted by molar-refractivity contribution is 6.34. The van der Waals surface area contributed by atoms with E-state index < -0.39 is 0 Å². The first-order valence-corrected chi connectivity index (χ1v) is 6.08. The molecule has 0 aliphatic carbocycles. The zero-order valence-corrected chi connectivity index (χ0v) is 10.9. The Bertz CT molecular complexity index is 469. The van der Waals surface area contributed by atoms with Crippen LogP contribution in [0.15, 0.2) is 23.3 Å². The number of carbonyl (C=O) groups excluding carboxylic acids is 1. The average Bonchev–Trinajstić information content (AvgIpc) is 2.36. The van der Waals surface area contributed by atoms with E-state index in [0.717, 1.165) is 18.4 Å². The molecule has 0 radical (unpaired) electrons. The lowest BCUT2D eigenvalue weighted by Gasteiger charge is -2.07. The fraction of sp³-hybridized carbons (Fsp3) is 0.417. The topological polar surface area (TPSA) is 77.9 Å². The van der Waals surface area contributed by atoms with Crippen molar-refractivity contribution in [3.05, 3.63) is 44.8 Å². The van der Waals surface area contributed by atoms with Gasteiger partial charge in [-0.2, -0.15) is 0 Å². The molecule has 6 heteroatoms. The first-order valence-electron chi connectivity index (χ1n) is 5.71. The van der Waals surface area contributed by atoms with Crippen LogP contribution in [0.25, 0.3) is 10.4 Å². The molecule has 0 heterocycles. The molecular formula is C12H15ClN4O. The van der Waals surface area contributed by atoms with Gasteiger partial charge in [0.1, 0.15) is 0 Å². The molecule has 0 aliphatic heterocycles. The van der Waals surface area contributed by atoms with E-state index in [-0.39, 0.29) is 5.91 Å². The molecule has 5 nitrogen and oxygen atoms in total. The second-order valence-electron chi connectivity index (χ2n) is 3.85. The van der Waals surface area contributed by atoms with Crippen LogP contribution >= 0.6 is 11.6 Å². The fourth-order valence-corrected chi connectivity index (χ4v) is 1.68. The summed E-state index contributed by atoms with van der Waals surface area (Å²) in [7, 11) is 0. The average molecular weight is 267 g/mol. The summed E-state index contributed by atoms with van der Waals surface area (Å²) < 4.78 is 0. The maximum atomic E-state index is 11.8. The van der Waals surface area contributed by atoms with Crippen molar-refractivity contribution >= 4 is 17.5 Å². The molecule has 0 saturated carbocycles. The molecule has 0 aliphatic rings. The lowest BCUT2D eigenvalue weighted by molar-refractivity contribution is 0.0953. The highest BCUT2D eigenvalue weighted by atomic mass is 35.5. The number of hydrogen-bond donors (Lipinski definition) is 1. The molecule has 0 saturated heterocycles. The second kappa shape index (κ2) is 7.58. The van der Waals surface area contributed by atoms with Crippen LogP contribution in [0, 0.1) is 6.92 Å². The Kier molecular flexibility index (Phi) is 6.05. The van der Waals surface area contributed by atoms with Crippen LogP contribution in [-0.4, -0.2) is 19.0 Å². The van der Waals surface area contributed by atoms with Crippen LogP contribution in [0.5, 0.6) is 0 Å². The Morgan fingerprint density at radius 2 is 2.28 bits per heavy atom. The molecule has 0 fully saturated rings. The van der Waals surface area contributed by atoms with Gasteiger partial charge in [0.2, 0.25) is 0 Å². The van der Waals surface area contributed by atoms with Crippen LogP contribution in [-0.2, 0) is 0 Å². The van der Waals surface area contributed by atoms with E-state index in [1.165, 1.54) is 0 Å². The van der Waals surface area contributed by atoms with E-state index in [4.69, 9.17) is 17.1 Å². The molecule has 0 atom stereocenters. The van der Waals surface area contributed by atoms with Crippen LogP contribution in [0.2, 0.25) is 5.02 Å². The smallest absolute Gasteiger partial charge is 0.252 e. The Labute approximate surface area is 111 Å². The van der Waals surface area contributed by atoms with Crippen molar-refractivity contribution in [2.75, 3.05) is 13.1 Å². The molecule has 0 aromatic heterocycles. The minimum atomic E-state index is -0.174. The molecule has 18 heavy (non-hydrogen) atoms. The Hall–Kier alpha value is -1.71. The summed E-state index contributed by atoms with van der Waals surface area (Å²) in [5.74, 6) is -0.174. The van der Waals surface area contributed by atoms with Gasteiger partial charge in [-0.25, -0.2) is 0 Å². The SMILES string of the molecule is Cc1cccc(C(=O)NCCCCN=[N+]=[N-])c1Cl. The van der Waals surface area contributed by atoms with Gasteiger partial charge in [0.25, 0.3) is 5.91 Å². The van der Waals surface area contributed by atoms with E-state index in [2.05, 4.69) is 15.3 Å². The number of aryl methyl sites for hydroxylation is 1. The number of benzene rings is 1. The minimum absolute atomic E-state index is 0.174. The van der Waals surface area contributed by atoms with Gasteiger partial charge in [0.05, 0.1) is 10.6 Å². The molecule has 1 N–H and O–H groups in total. The summed E-state index contributed by atoms with van der Waals surface area (Å²) >= 11 is 6.05. The molecule has 0 spiro atoms. The summed E-state index contributed by atoms with van der Waals surface area (Å²) in [6.45, 7) is 2.86. The lowest BCUT2D eigenvalue weighted by Crippen LogP contribution is -2.25. The number of azide groups is 1. The van der Waals surface area contributed by atoms with Gasteiger partial charge in [0, 0.05) is 18.0 Å². The monoisotopic (exact) mass is 266 g/mol. The number of nitrogens with one attached hydrogen (secondary N) is 1. The van der Waals surface area contributed by atoms with Crippen molar-refractivity contribution in [3.63, 3.8) is 0 Å². The van der Waals surface area contributed by atoms with Crippen molar-refractivity contribution < 1.29 is 4.79 Å². The summed E-state index contributed by atoms with van der Waals surface area (Å²) in [5, 5.41) is 6.69. The zero-order chi connectivity index (χ0) is 13.4. The molecule has 1 amide bonds. The van der Waals surface area contributed by atoms with Crippen LogP contribution in [0.3, 0.4) is 0 Å². The number of halogens is 1. The van der Waals surface area contributed by atoms with E-state index in [0.29, 0.717) is 23.7 Å². The predicted molar refractivity (Wildman–Crippen MR) is 71.8 cm³/mol. The number of hydrogen-bond acceptors (Lipinski definition) is 2. The van der Waals surface area contributed by atoms with Crippen molar-refractivity contribution in [3.8, 4) is 0 Å². The minimum Gasteiger partial charge on any atom is -0.352 e. The predicted octanol–water partition coefficient (Wildman–Crippen LogP) is 3.47. The van der Waals surface area contributed by atoms with Crippen LogP contribution < -0.4 is 5.32 Å². The van der Waals surface area contributed by atoms with Crippen LogP contribution in [0.4, 0.5) is 0 Å². The summed E-state index contributed by atoms with van der Waals surface area (Å²) in [6, 6.07) is 5.36. The quantitative estimate of drug-likeness (QED) is 0.364. The molecule has 0 unspecified atom stereocenters. The van der Waals surface area contributed by atoms with E-state index in [1.807, 2.05) is 13.0 Å². The van der Waals surface area contributed by atoms with E-state index in [1.54, 1.807) is 12.1 Å². The Morgan fingerprint density at radius 1 is 1.50 bits per heavy atom. The highest BCUT2D eigenvalue weighted by Crippen LogP contribution is 2.19. The third-order valence-corrected chi connectivity index (χ3v) is 2.97. The largest absolute Gasteiger partial charge is 0.352 e. The van der Waals surface area contributed by atoms with Gasteiger partial charge < -0.3 is 5.32 Å². The lowest BCUT2D eigenvalue weighted by atomic mass is 10.1. The zero-order valence-electron chi connectivity index (χ0n) is 10.2. The third-order valence-electron chi connectivity index (χ3n) is 2.47. The van der Waals surface area contributed by atoms with Gasteiger partial charge in [0.15, 0.2) is 0 Å². The summed E-state index contributed by atoms with van der Waals surface area (Å²) in [4.78, 5) is 14.5. The third kappa shape index (κ3) is 4.28. The Morgan fingerprint density at radius 3 is 3.00 bits per heavy atom. The van der Waals surface area contributed by atoms with Gasteiger partial charge in [-0.1, -0.05) is 28.8 Å². The number of carbonyl (C=O) groups is 1. The first-order chi connectivity index (χ1) is 8.66. The Balaban J connectivity index is 2.41. The van der Waals surface area contributed by atoms with Crippen molar-refractivity contribution in [2.24, 2.45) is 5.11 Å². The number of rotatable bonds is 6. The fourth-order valence-electron chi connectivity index (χ4n) is 1.47. The molecule has 1 aromatic rings. The number of amides is 1. The van der Waals surface area contributed by atoms with Gasteiger partial charge in [-0.05, 0) is 36.9 Å². The first kappa shape index (κ1) is 14.4. The molecule has 1 rings (SSSR count). The van der Waals surface area contributed by atoms with Crippen molar-refractivity contribution in [1.82, 2.24) is 5.32 Å². The van der Waals surface area contributed by atoms with Gasteiger partial charge in [-0.15, -0.1) is 0 Å². The van der Waals surface area contributed by atoms with Crippen molar-refractivity contribution in [2.45, 2.75) is 19.8 Å². The highest BCUT2D eigenvalue weighted by Gasteiger charge is 2.10. The standard InChI is InChI=1S/C12H15ClN4O/c1-9-5-4-6-10(11(9)13)12(18)15-7-2-3-8-16-17-14/h4-6H,2-3,7-8H2,1H3,(H,15,18). The number of unbranched alkanes of at least 4 members (excludes halogenated alkanes) is 1. The van der Waals surface area contributed by atoms with Crippen LogP contribution in [0.1, 0.15) is 28.8 Å². The van der Waals surface area contributed by atoms with Gasteiger partial charge in [-0.3, -0.25) is 4.79 Å². The van der Waals surface area contributed by atoms with Gasteiger partial charge >= 0.3 is 0 Å². The van der Waals surface area contributed by atoms with Crippen molar-refractivity contribution in [1.29, 1.82) is 0 Å². The molecule has 0 bridgehead atoms. The maximum absolute atomic E-state index is 11.8. The molecule has 1 aromatic carbocycles. The summed E-state index contributed by atoms with van der Waals surface area (Å²) in [5.41, 5.74) is 9.46. The molecule has 96 valence electrons.